The molecule has 0 aliphatic carbocycles. The van der Waals surface area contributed by atoms with Gasteiger partial charge in [-0.2, -0.15) is 0 Å². The van der Waals surface area contributed by atoms with Gasteiger partial charge in [-0.25, -0.2) is 0 Å². The van der Waals surface area contributed by atoms with E-state index in [1.807, 2.05) is 31.2 Å². The predicted octanol–water partition coefficient (Wildman–Crippen LogP) is 2.09. The number of halogens is 1. The Hall–Kier alpha value is -0.650. The summed E-state index contributed by atoms with van der Waals surface area (Å²) in [6.45, 7) is 4.91. The Labute approximate surface area is 131 Å². The lowest BCUT2D eigenvalue weighted by Gasteiger charge is -2.21. The topological polar surface area (TPSA) is 52.9 Å². The third-order valence-corrected chi connectivity index (χ3v) is 4.23. The van der Waals surface area contributed by atoms with Gasteiger partial charge in [0.1, 0.15) is 0 Å². The Kier molecular flexibility index (Phi) is 6.45. The Morgan fingerprint density at radius 2 is 2.10 bits per heavy atom. The van der Waals surface area contributed by atoms with Crippen LogP contribution in [0.2, 0.25) is 5.02 Å². The van der Waals surface area contributed by atoms with Crippen molar-refractivity contribution in [1.82, 2.24) is 4.90 Å². The zero-order chi connectivity index (χ0) is 15.2. The standard InChI is InChI=1S/C16H24ClNO3/c1-12(14-2-4-15(17)5-3-14)21-11-16(20)9-18-7-6-13(8-18)10-19/h2-5,12-13,16,19-20H,6-11H2,1H3. The van der Waals surface area contributed by atoms with Crippen molar-refractivity contribution >= 4 is 11.6 Å². The zero-order valence-corrected chi connectivity index (χ0v) is 13.2. The van der Waals surface area contributed by atoms with Crippen molar-refractivity contribution < 1.29 is 14.9 Å². The van der Waals surface area contributed by atoms with Gasteiger partial charge in [0.15, 0.2) is 0 Å². The maximum absolute atomic E-state index is 10.1. The molecule has 4 nitrogen and oxygen atoms in total. The van der Waals surface area contributed by atoms with Crippen LogP contribution in [0.3, 0.4) is 0 Å². The van der Waals surface area contributed by atoms with E-state index in [4.69, 9.17) is 21.4 Å². The number of likely N-dealkylation sites (tertiary alicyclic amines) is 1. The predicted molar refractivity (Wildman–Crippen MR) is 83.5 cm³/mol. The first-order valence-electron chi connectivity index (χ1n) is 7.47. The fraction of sp³-hybridized carbons (Fsp3) is 0.625. The van der Waals surface area contributed by atoms with E-state index in [-0.39, 0.29) is 12.7 Å². The van der Waals surface area contributed by atoms with Gasteiger partial charge in [-0.3, -0.25) is 0 Å². The normalized spacial score (nSPS) is 22.4. The van der Waals surface area contributed by atoms with Crippen molar-refractivity contribution in [3.8, 4) is 0 Å². The SMILES string of the molecule is CC(OCC(O)CN1CCC(CO)C1)c1ccc(Cl)cc1. The van der Waals surface area contributed by atoms with Crippen LogP contribution in [0.1, 0.15) is 25.0 Å². The molecule has 2 rings (SSSR count). The van der Waals surface area contributed by atoms with Crippen molar-refractivity contribution in [2.45, 2.75) is 25.6 Å². The third-order valence-electron chi connectivity index (χ3n) is 3.98. The Morgan fingerprint density at radius 3 is 2.71 bits per heavy atom. The lowest BCUT2D eigenvalue weighted by atomic mass is 10.1. The fourth-order valence-electron chi connectivity index (χ4n) is 2.66. The first-order valence-corrected chi connectivity index (χ1v) is 7.84. The van der Waals surface area contributed by atoms with Crippen molar-refractivity contribution in [3.63, 3.8) is 0 Å². The molecule has 1 aliphatic rings. The van der Waals surface area contributed by atoms with Gasteiger partial charge >= 0.3 is 0 Å². The Balaban J connectivity index is 1.71. The van der Waals surface area contributed by atoms with Crippen LogP contribution in [-0.2, 0) is 4.74 Å². The molecular weight excluding hydrogens is 290 g/mol. The van der Waals surface area contributed by atoms with E-state index < -0.39 is 6.10 Å². The van der Waals surface area contributed by atoms with E-state index in [2.05, 4.69) is 4.90 Å². The van der Waals surface area contributed by atoms with Crippen LogP contribution in [0.4, 0.5) is 0 Å². The smallest absolute Gasteiger partial charge is 0.0900 e. The van der Waals surface area contributed by atoms with Gasteiger partial charge in [0.05, 0.1) is 18.8 Å². The molecule has 3 unspecified atom stereocenters. The summed E-state index contributed by atoms with van der Waals surface area (Å²) in [5.41, 5.74) is 1.05. The molecular formula is C16H24ClNO3. The molecule has 1 aliphatic heterocycles. The lowest BCUT2D eigenvalue weighted by Crippen LogP contribution is -2.34. The molecule has 2 N–H and O–H groups in total. The fourth-order valence-corrected chi connectivity index (χ4v) is 2.79. The molecule has 1 aromatic carbocycles. The van der Waals surface area contributed by atoms with Gasteiger partial charge < -0.3 is 19.8 Å². The van der Waals surface area contributed by atoms with Crippen LogP contribution in [0.15, 0.2) is 24.3 Å². The lowest BCUT2D eigenvalue weighted by molar-refractivity contribution is -0.0138. The maximum Gasteiger partial charge on any atom is 0.0900 e. The van der Waals surface area contributed by atoms with Gasteiger partial charge in [-0.15, -0.1) is 0 Å². The largest absolute Gasteiger partial charge is 0.396 e. The molecule has 1 saturated heterocycles. The summed E-state index contributed by atoms with van der Waals surface area (Å²) in [6, 6.07) is 7.55. The highest BCUT2D eigenvalue weighted by molar-refractivity contribution is 6.30. The molecule has 118 valence electrons. The van der Waals surface area contributed by atoms with Crippen LogP contribution in [0.5, 0.6) is 0 Å². The Morgan fingerprint density at radius 1 is 1.38 bits per heavy atom. The van der Waals surface area contributed by atoms with Gasteiger partial charge in [0, 0.05) is 24.7 Å². The van der Waals surface area contributed by atoms with Crippen LogP contribution in [-0.4, -0.2) is 54.1 Å². The average molecular weight is 314 g/mol. The number of ether oxygens (including phenoxy) is 1. The molecule has 0 amide bonds. The number of aliphatic hydroxyl groups excluding tert-OH is 2. The molecule has 3 atom stereocenters. The highest BCUT2D eigenvalue weighted by atomic mass is 35.5. The second-order valence-electron chi connectivity index (χ2n) is 5.78. The molecule has 0 bridgehead atoms. The number of β-amino-alcohol motifs (C(OH)–C–C–N with tert-alkyl or cyclic N) is 1. The van der Waals surface area contributed by atoms with Gasteiger partial charge in [-0.1, -0.05) is 23.7 Å². The maximum atomic E-state index is 10.1. The second-order valence-corrected chi connectivity index (χ2v) is 6.21. The van der Waals surface area contributed by atoms with Crippen LogP contribution < -0.4 is 0 Å². The average Bonchev–Trinajstić information content (AvgIpc) is 2.93. The molecule has 0 spiro atoms. The second kappa shape index (κ2) is 8.11. The summed E-state index contributed by atoms with van der Waals surface area (Å²) in [4.78, 5) is 2.18. The first kappa shape index (κ1) is 16.7. The quantitative estimate of drug-likeness (QED) is 0.809. The van der Waals surface area contributed by atoms with Gasteiger partial charge in [-0.05, 0) is 43.5 Å². The summed E-state index contributed by atoms with van der Waals surface area (Å²) in [5, 5.41) is 19.9. The molecule has 1 fully saturated rings. The minimum atomic E-state index is -0.503. The first-order chi connectivity index (χ1) is 10.1. The van der Waals surface area contributed by atoms with Crippen molar-refractivity contribution in [3.05, 3.63) is 34.9 Å². The monoisotopic (exact) mass is 313 g/mol. The van der Waals surface area contributed by atoms with E-state index in [0.717, 1.165) is 25.1 Å². The van der Waals surface area contributed by atoms with Crippen molar-refractivity contribution in [2.75, 3.05) is 32.8 Å². The van der Waals surface area contributed by atoms with E-state index in [1.54, 1.807) is 0 Å². The number of nitrogens with zero attached hydrogens (tertiary/aromatic N) is 1. The summed E-state index contributed by atoms with van der Waals surface area (Å²) in [5.74, 6) is 0.353. The molecule has 0 aromatic heterocycles. The number of aliphatic hydroxyl groups is 2. The number of hydrogen-bond donors (Lipinski definition) is 2. The van der Waals surface area contributed by atoms with Gasteiger partial charge in [0.25, 0.3) is 0 Å². The molecule has 21 heavy (non-hydrogen) atoms. The summed E-state index contributed by atoms with van der Waals surface area (Å²) in [6.07, 6.45) is 0.434. The molecule has 0 radical (unpaired) electrons. The molecule has 5 heteroatoms. The number of rotatable bonds is 7. The van der Waals surface area contributed by atoms with E-state index >= 15 is 0 Å². The number of benzene rings is 1. The Bertz CT molecular complexity index is 426. The highest BCUT2D eigenvalue weighted by Gasteiger charge is 2.23. The van der Waals surface area contributed by atoms with E-state index in [1.165, 1.54) is 0 Å². The van der Waals surface area contributed by atoms with Crippen LogP contribution in [0.25, 0.3) is 0 Å². The van der Waals surface area contributed by atoms with Crippen LogP contribution in [0, 0.1) is 5.92 Å². The minimum Gasteiger partial charge on any atom is -0.396 e. The molecule has 1 aromatic rings. The van der Waals surface area contributed by atoms with Crippen molar-refractivity contribution in [1.29, 1.82) is 0 Å². The van der Waals surface area contributed by atoms with E-state index in [0.29, 0.717) is 24.1 Å². The summed E-state index contributed by atoms with van der Waals surface area (Å²) < 4.78 is 5.72. The van der Waals surface area contributed by atoms with E-state index in [9.17, 15) is 5.11 Å². The summed E-state index contributed by atoms with van der Waals surface area (Å²) in [7, 11) is 0. The van der Waals surface area contributed by atoms with Crippen LogP contribution >= 0.6 is 11.6 Å². The highest BCUT2D eigenvalue weighted by Crippen LogP contribution is 2.20. The third kappa shape index (κ3) is 5.24. The van der Waals surface area contributed by atoms with Crippen molar-refractivity contribution in [2.24, 2.45) is 5.92 Å². The molecule has 1 heterocycles. The summed E-state index contributed by atoms with van der Waals surface area (Å²) >= 11 is 5.86. The molecule has 0 saturated carbocycles. The van der Waals surface area contributed by atoms with Gasteiger partial charge in [0.2, 0.25) is 0 Å². The number of hydrogen-bond acceptors (Lipinski definition) is 4. The zero-order valence-electron chi connectivity index (χ0n) is 12.4. The minimum absolute atomic E-state index is 0.0688.